The third-order valence-electron chi connectivity index (χ3n) is 4.31. The summed E-state index contributed by atoms with van der Waals surface area (Å²) in [6.45, 7) is 2.09. The van der Waals surface area contributed by atoms with E-state index in [0.29, 0.717) is 18.1 Å². The highest BCUT2D eigenvalue weighted by Crippen LogP contribution is 2.35. The normalized spacial score (nSPS) is 12.0. The first-order chi connectivity index (χ1) is 13.3. The molecule has 0 amide bonds. The quantitative estimate of drug-likeness (QED) is 0.493. The maximum atomic E-state index is 12.6. The molecule has 3 heterocycles. The van der Waals surface area contributed by atoms with Crippen molar-refractivity contribution in [2.75, 3.05) is 11.9 Å². The first-order valence-electron chi connectivity index (χ1n) is 8.75. The highest BCUT2D eigenvalue weighted by molar-refractivity contribution is 5.99. The number of nitrogens with one attached hydrogen (secondary N) is 2. The first-order valence-corrected chi connectivity index (χ1v) is 8.75. The van der Waals surface area contributed by atoms with Gasteiger partial charge in [0.05, 0.1) is 18.6 Å². The minimum atomic E-state index is -0.395. The summed E-state index contributed by atoms with van der Waals surface area (Å²) >= 11 is 0. The second-order valence-electron chi connectivity index (χ2n) is 6.01. The van der Waals surface area contributed by atoms with Crippen molar-refractivity contribution in [2.45, 2.75) is 13.0 Å². The van der Waals surface area contributed by atoms with Crippen LogP contribution in [0.1, 0.15) is 34.8 Å². The van der Waals surface area contributed by atoms with Gasteiger partial charge in [-0.05, 0) is 37.3 Å². The number of carbonyl (C=O) groups excluding carboxylic acids is 1. The number of anilines is 1. The molecule has 0 radical (unpaired) electrons. The molecule has 0 saturated carbocycles. The van der Waals surface area contributed by atoms with Crippen LogP contribution in [-0.2, 0) is 4.74 Å². The number of hydrogen-bond donors (Lipinski definition) is 2. The van der Waals surface area contributed by atoms with Crippen LogP contribution in [0.5, 0.6) is 0 Å². The number of rotatable bonds is 6. The molecule has 1 atom stereocenters. The molecule has 0 spiro atoms. The molecule has 0 aliphatic carbocycles. The van der Waals surface area contributed by atoms with Crippen molar-refractivity contribution in [2.24, 2.45) is 0 Å². The van der Waals surface area contributed by atoms with E-state index in [2.05, 4.69) is 15.3 Å². The van der Waals surface area contributed by atoms with E-state index in [1.165, 1.54) is 0 Å². The van der Waals surface area contributed by atoms with Gasteiger partial charge in [-0.2, -0.15) is 0 Å². The monoisotopic (exact) mass is 361 g/mol. The fourth-order valence-corrected chi connectivity index (χ4v) is 3.18. The zero-order valence-electron chi connectivity index (χ0n) is 14.8. The van der Waals surface area contributed by atoms with Crippen molar-refractivity contribution in [1.29, 1.82) is 0 Å². The van der Waals surface area contributed by atoms with Crippen LogP contribution < -0.4 is 5.32 Å². The summed E-state index contributed by atoms with van der Waals surface area (Å²) in [7, 11) is 0. The summed E-state index contributed by atoms with van der Waals surface area (Å²) in [4.78, 5) is 20.0. The lowest BCUT2D eigenvalue weighted by Crippen LogP contribution is -2.16. The van der Waals surface area contributed by atoms with Gasteiger partial charge in [0, 0.05) is 28.9 Å². The van der Waals surface area contributed by atoms with Crippen LogP contribution in [-0.4, -0.2) is 22.5 Å². The molecule has 0 fully saturated rings. The predicted molar refractivity (Wildman–Crippen MR) is 103 cm³/mol. The fraction of sp³-hybridized carbons (Fsp3) is 0.143. The lowest BCUT2D eigenvalue weighted by atomic mass is 10.00. The standard InChI is InChI=1S/C21H19N3O3/c1-2-26-21(25)20-18(15-8-3-4-9-16(15)24-20)19(17-10-6-12-27-17)23-14-7-5-11-22-13-14/h3-13,19,23-24H,2H2,1H3. The second kappa shape index (κ2) is 7.37. The Balaban J connectivity index is 1.89. The molecule has 1 aromatic carbocycles. The first kappa shape index (κ1) is 16.9. The molecular formula is C21H19N3O3. The Hall–Kier alpha value is -3.54. The van der Waals surface area contributed by atoms with Gasteiger partial charge in [0.25, 0.3) is 0 Å². The smallest absolute Gasteiger partial charge is 0.355 e. The Kier molecular flexibility index (Phi) is 4.61. The molecular weight excluding hydrogens is 342 g/mol. The number of furan rings is 1. The van der Waals surface area contributed by atoms with E-state index in [1.54, 1.807) is 25.6 Å². The van der Waals surface area contributed by atoms with Crippen LogP contribution in [0.4, 0.5) is 5.69 Å². The van der Waals surface area contributed by atoms with Crippen LogP contribution in [0.3, 0.4) is 0 Å². The average molecular weight is 361 g/mol. The maximum Gasteiger partial charge on any atom is 0.355 e. The molecule has 2 N–H and O–H groups in total. The van der Waals surface area contributed by atoms with Gasteiger partial charge >= 0.3 is 5.97 Å². The molecule has 1 unspecified atom stereocenters. The number of fused-ring (bicyclic) bond motifs is 1. The largest absolute Gasteiger partial charge is 0.467 e. The van der Waals surface area contributed by atoms with Gasteiger partial charge in [0.2, 0.25) is 0 Å². The molecule has 4 rings (SSSR count). The summed E-state index contributed by atoms with van der Waals surface area (Å²) in [5, 5.41) is 4.36. The van der Waals surface area contributed by atoms with E-state index in [9.17, 15) is 4.79 Å². The van der Waals surface area contributed by atoms with Crippen molar-refractivity contribution >= 4 is 22.6 Å². The van der Waals surface area contributed by atoms with Crippen molar-refractivity contribution in [3.63, 3.8) is 0 Å². The number of esters is 1. The number of para-hydroxylation sites is 1. The molecule has 6 heteroatoms. The van der Waals surface area contributed by atoms with Crippen LogP contribution in [0.15, 0.2) is 71.6 Å². The van der Waals surface area contributed by atoms with Crippen LogP contribution >= 0.6 is 0 Å². The van der Waals surface area contributed by atoms with E-state index < -0.39 is 5.97 Å². The maximum absolute atomic E-state index is 12.6. The van der Waals surface area contributed by atoms with Crippen molar-refractivity contribution in [3.05, 3.63) is 84.2 Å². The number of aromatic amines is 1. The Morgan fingerprint density at radius 3 is 2.85 bits per heavy atom. The molecule has 27 heavy (non-hydrogen) atoms. The van der Waals surface area contributed by atoms with Gasteiger partial charge < -0.3 is 19.5 Å². The van der Waals surface area contributed by atoms with Crippen molar-refractivity contribution in [3.8, 4) is 0 Å². The van der Waals surface area contributed by atoms with E-state index in [4.69, 9.17) is 9.15 Å². The van der Waals surface area contributed by atoms with Crippen LogP contribution in [0, 0.1) is 0 Å². The molecule has 0 aliphatic heterocycles. The summed E-state index contributed by atoms with van der Waals surface area (Å²) in [5.41, 5.74) is 2.87. The predicted octanol–water partition coefficient (Wildman–Crippen LogP) is 4.53. The average Bonchev–Trinajstić information content (AvgIpc) is 3.35. The second-order valence-corrected chi connectivity index (χ2v) is 6.01. The number of ether oxygens (including phenoxy) is 1. The van der Waals surface area contributed by atoms with Gasteiger partial charge in [0.15, 0.2) is 0 Å². The Labute approximate surface area is 156 Å². The summed E-state index contributed by atoms with van der Waals surface area (Å²) in [6.07, 6.45) is 5.06. The highest BCUT2D eigenvalue weighted by atomic mass is 16.5. The van der Waals surface area contributed by atoms with Crippen molar-refractivity contribution in [1.82, 2.24) is 9.97 Å². The molecule has 6 nitrogen and oxygen atoms in total. The Bertz CT molecular complexity index is 1040. The minimum Gasteiger partial charge on any atom is -0.467 e. The molecule has 136 valence electrons. The molecule has 3 aromatic heterocycles. The van der Waals surface area contributed by atoms with Gasteiger partial charge in [-0.15, -0.1) is 0 Å². The number of benzene rings is 1. The van der Waals surface area contributed by atoms with E-state index in [-0.39, 0.29) is 6.04 Å². The lowest BCUT2D eigenvalue weighted by molar-refractivity contribution is 0.0519. The number of pyridine rings is 1. The Morgan fingerprint density at radius 1 is 1.22 bits per heavy atom. The minimum absolute atomic E-state index is 0.301. The topological polar surface area (TPSA) is 80.2 Å². The number of H-pyrrole nitrogens is 1. The summed E-state index contributed by atoms with van der Waals surface area (Å²) < 4.78 is 11.0. The number of aromatic nitrogens is 2. The lowest BCUT2D eigenvalue weighted by Gasteiger charge is -2.19. The molecule has 0 bridgehead atoms. The number of nitrogens with zero attached hydrogens (tertiary/aromatic N) is 1. The van der Waals surface area contributed by atoms with Crippen molar-refractivity contribution < 1.29 is 13.9 Å². The van der Waals surface area contributed by atoms with E-state index in [0.717, 1.165) is 22.2 Å². The summed E-state index contributed by atoms with van der Waals surface area (Å²) in [5.74, 6) is 0.294. The number of carbonyl (C=O) groups is 1. The van der Waals surface area contributed by atoms with Gasteiger partial charge in [-0.25, -0.2) is 4.79 Å². The van der Waals surface area contributed by atoms with Gasteiger partial charge in [0.1, 0.15) is 17.5 Å². The van der Waals surface area contributed by atoms with Gasteiger partial charge in [-0.3, -0.25) is 4.98 Å². The molecule has 4 aromatic rings. The SMILES string of the molecule is CCOC(=O)c1[nH]c2ccccc2c1C(Nc1cccnc1)c1ccco1. The van der Waals surface area contributed by atoms with Crippen LogP contribution in [0.25, 0.3) is 10.9 Å². The van der Waals surface area contributed by atoms with Crippen LogP contribution in [0.2, 0.25) is 0 Å². The summed E-state index contributed by atoms with van der Waals surface area (Å²) in [6, 6.07) is 14.9. The van der Waals surface area contributed by atoms with Gasteiger partial charge in [-0.1, -0.05) is 18.2 Å². The zero-order valence-corrected chi connectivity index (χ0v) is 14.8. The molecule has 0 aliphatic rings. The Morgan fingerprint density at radius 2 is 2.11 bits per heavy atom. The highest BCUT2D eigenvalue weighted by Gasteiger charge is 2.28. The fourth-order valence-electron chi connectivity index (χ4n) is 3.18. The zero-order chi connectivity index (χ0) is 18.6. The van der Waals surface area contributed by atoms with E-state index >= 15 is 0 Å². The number of hydrogen-bond acceptors (Lipinski definition) is 5. The third kappa shape index (κ3) is 3.29. The molecule has 0 saturated heterocycles. The van der Waals surface area contributed by atoms with E-state index in [1.807, 2.05) is 48.5 Å². The third-order valence-corrected chi connectivity index (χ3v) is 4.31.